The van der Waals surface area contributed by atoms with Crippen molar-refractivity contribution in [1.29, 1.82) is 0 Å². The van der Waals surface area contributed by atoms with Crippen molar-refractivity contribution in [2.75, 3.05) is 19.6 Å². The van der Waals surface area contributed by atoms with E-state index in [1.807, 2.05) is 28.0 Å². The fraction of sp³-hybridized carbons (Fsp3) is 0.619. The van der Waals surface area contributed by atoms with Gasteiger partial charge in [-0.1, -0.05) is 36.8 Å². The van der Waals surface area contributed by atoms with Gasteiger partial charge in [0, 0.05) is 44.3 Å². The molecule has 0 radical (unpaired) electrons. The van der Waals surface area contributed by atoms with Crippen molar-refractivity contribution < 1.29 is 14.7 Å². The van der Waals surface area contributed by atoms with Crippen LogP contribution < -0.4 is 0 Å². The Labute approximate surface area is 155 Å². The number of amides is 2. The second-order valence-electron chi connectivity index (χ2n) is 8.10. The lowest BCUT2D eigenvalue weighted by Gasteiger charge is -2.35. The predicted octanol–water partition coefficient (Wildman–Crippen LogP) is 2.01. The van der Waals surface area contributed by atoms with Crippen LogP contribution in [0.2, 0.25) is 0 Å². The van der Waals surface area contributed by atoms with Crippen LogP contribution in [0, 0.1) is 11.8 Å². The Hall–Kier alpha value is -1.88. The number of benzene rings is 1. The molecule has 5 heteroatoms. The molecule has 1 aliphatic carbocycles. The molecule has 140 valence electrons. The lowest BCUT2D eigenvalue weighted by atomic mass is 9.81. The summed E-state index contributed by atoms with van der Waals surface area (Å²) in [6.07, 6.45) is 3.16. The fourth-order valence-corrected chi connectivity index (χ4v) is 4.94. The molecule has 1 N–H and O–H groups in total. The van der Waals surface area contributed by atoms with Crippen molar-refractivity contribution in [2.45, 2.75) is 50.7 Å². The van der Waals surface area contributed by atoms with E-state index in [2.05, 4.69) is 12.1 Å². The summed E-state index contributed by atoms with van der Waals surface area (Å²) in [6, 6.07) is 10.1. The number of likely N-dealkylation sites (tertiary alicyclic amines) is 2. The van der Waals surface area contributed by atoms with Crippen LogP contribution in [0.3, 0.4) is 0 Å². The maximum Gasteiger partial charge on any atom is 0.226 e. The van der Waals surface area contributed by atoms with Gasteiger partial charge < -0.3 is 14.9 Å². The Morgan fingerprint density at radius 2 is 1.81 bits per heavy atom. The van der Waals surface area contributed by atoms with E-state index in [0.29, 0.717) is 26.1 Å². The van der Waals surface area contributed by atoms with Gasteiger partial charge in [0.1, 0.15) is 0 Å². The summed E-state index contributed by atoms with van der Waals surface area (Å²) >= 11 is 0. The van der Waals surface area contributed by atoms with Gasteiger partial charge in [0.15, 0.2) is 0 Å². The van der Waals surface area contributed by atoms with Crippen molar-refractivity contribution in [2.24, 2.45) is 11.8 Å². The molecule has 2 amide bonds. The summed E-state index contributed by atoms with van der Waals surface area (Å²) in [5, 5.41) is 10.9. The molecule has 4 rings (SSSR count). The topological polar surface area (TPSA) is 60.9 Å². The average molecular weight is 356 g/mol. The van der Waals surface area contributed by atoms with Gasteiger partial charge in [-0.25, -0.2) is 0 Å². The maximum atomic E-state index is 13.1. The molecule has 3 fully saturated rings. The molecule has 1 aromatic rings. The van der Waals surface area contributed by atoms with Crippen LogP contribution in [0.1, 0.15) is 44.1 Å². The summed E-state index contributed by atoms with van der Waals surface area (Å²) in [7, 11) is 0. The zero-order valence-electron chi connectivity index (χ0n) is 15.4. The first-order valence-corrected chi connectivity index (χ1v) is 9.85. The maximum absolute atomic E-state index is 13.1. The molecule has 0 bridgehead atoms. The average Bonchev–Trinajstić information content (AvgIpc) is 2.87. The first kappa shape index (κ1) is 17.5. The molecule has 4 atom stereocenters. The minimum Gasteiger partial charge on any atom is -0.393 e. The highest BCUT2D eigenvalue weighted by molar-refractivity contribution is 5.81. The Balaban J connectivity index is 1.68. The summed E-state index contributed by atoms with van der Waals surface area (Å²) in [5.41, 5.74) is 1.18. The third kappa shape index (κ3) is 3.02. The Morgan fingerprint density at radius 1 is 1.08 bits per heavy atom. The highest BCUT2D eigenvalue weighted by Crippen LogP contribution is 2.43. The summed E-state index contributed by atoms with van der Waals surface area (Å²) in [6.45, 7) is 3.33. The van der Waals surface area contributed by atoms with Crippen LogP contribution in [-0.2, 0) is 9.59 Å². The van der Waals surface area contributed by atoms with E-state index in [-0.39, 0.29) is 35.6 Å². The van der Waals surface area contributed by atoms with Gasteiger partial charge in [-0.2, -0.15) is 0 Å². The Bertz CT molecular complexity index is 673. The van der Waals surface area contributed by atoms with Crippen LogP contribution in [0.4, 0.5) is 0 Å². The number of aliphatic hydroxyl groups is 1. The highest BCUT2D eigenvalue weighted by Gasteiger charge is 2.50. The molecule has 2 aliphatic heterocycles. The molecule has 1 saturated carbocycles. The summed E-state index contributed by atoms with van der Waals surface area (Å²) < 4.78 is 0. The molecule has 0 spiro atoms. The molecule has 26 heavy (non-hydrogen) atoms. The van der Waals surface area contributed by atoms with Gasteiger partial charge >= 0.3 is 0 Å². The quantitative estimate of drug-likeness (QED) is 0.882. The van der Waals surface area contributed by atoms with E-state index in [9.17, 15) is 14.7 Å². The van der Waals surface area contributed by atoms with Crippen molar-refractivity contribution in [3.8, 4) is 0 Å². The molecule has 2 heterocycles. The SMILES string of the molecule is CC(=O)N1CC[C@@H](O)[C@@H]2[C@@H](C1)N(C(=O)C1CCC1)C[C@H]2c1ccccc1. The molecule has 0 unspecified atom stereocenters. The number of hydrogen-bond donors (Lipinski definition) is 1. The van der Waals surface area contributed by atoms with Crippen LogP contribution in [0.25, 0.3) is 0 Å². The minimum atomic E-state index is -0.492. The van der Waals surface area contributed by atoms with E-state index < -0.39 is 6.10 Å². The molecule has 5 nitrogen and oxygen atoms in total. The van der Waals surface area contributed by atoms with Gasteiger partial charge in [-0.05, 0) is 24.8 Å². The molecule has 1 aromatic carbocycles. The number of hydrogen-bond acceptors (Lipinski definition) is 3. The van der Waals surface area contributed by atoms with E-state index in [1.165, 1.54) is 5.56 Å². The first-order valence-electron chi connectivity index (χ1n) is 9.85. The number of carbonyl (C=O) groups excluding carboxylic acids is 2. The smallest absolute Gasteiger partial charge is 0.226 e. The highest BCUT2D eigenvalue weighted by atomic mass is 16.3. The Kier molecular flexibility index (Phi) is 4.74. The summed E-state index contributed by atoms with van der Waals surface area (Å²) in [4.78, 5) is 28.9. The molecule has 3 aliphatic rings. The summed E-state index contributed by atoms with van der Waals surface area (Å²) in [5.74, 6) is 0.508. The largest absolute Gasteiger partial charge is 0.393 e. The first-order chi connectivity index (χ1) is 12.6. The molecule has 2 saturated heterocycles. The van der Waals surface area contributed by atoms with E-state index in [4.69, 9.17) is 0 Å². The lowest BCUT2D eigenvalue weighted by Crippen LogP contribution is -2.49. The number of aliphatic hydroxyl groups excluding tert-OH is 1. The fourth-order valence-electron chi connectivity index (χ4n) is 4.94. The lowest BCUT2D eigenvalue weighted by molar-refractivity contribution is -0.141. The third-order valence-electron chi connectivity index (χ3n) is 6.66. The third-order valence-corrected chi connectivity index (χ3v) is 6.66. The minimum absolute atomic E-state index is 0.00854. The second kappa shape index (κ2) is 7.03. The molecule has 0 aromatic heterocycles. The predicted molar refractivity (Wildman–Crippen MR) is 98.4 cm³/mol. The van der Waals surface area contributed by atoms with E-state index >= 15 is 0 Å². The second-order valence-corrected chi connectivity index (χ2v) is 8.10. The monoisotopic (exact) mass is 356 g/mol. The van der Waals surface area contributed by atoms with E-state index in [1.54, 1.807) is 6.92 Å². The normalized spacial score (nSPS) is 31.9. The van der Waals surface area contributed by atoms with Crippen LogP contribution >= 0.6 is 0 Å². The zero-order valence-corrected chi connectivity index (χ0v) is 15.4. The van der Waals surface area contributed by atoms with Gasteiger partial charge in [0.25, 0.3) is 0 Å². The van der Waals surface area contributed by atoms with Crippen molar-refractivity contribution in [1.82, 2.24) is 9.80 Å². The van der Waals surface area contributed by atoms with Crippen LogP contribution in [0.15, 0.2) is 30.3 Å². The zero-order chi connectivity index (χ0) is 18.3. The van der Waals surface area contributed by atoms with E-state index in [0.717, 1.165) is 19.3 Å². The molecular weight excluding hydrogens is 328 g/mol. The molecular formula is C21H28N2O3. The standard InChI is InChI=1S/C21H28N2O3/c1-14(24)22-11-10-19(25)20-17(15-6-3-2-4-7-15)12-23(18(20)13-22)21(26)16-8-5-9-16/h2-4,6-7,16-20,25H,5,8-13H2,1H3/t17-,18+,19+,20-/m0/s1. The number of rotatable bonds is 2. The van der Waals surface area contributed by atoms with Gasteiger partial charge in [-0.15, -0.1) is 0 Å². The van der Waals surface area contributed by atoms with Crippen molar-refractivity contribution >= 4 is 11.8 Å². The Morgan fingerprint density at radius 3 is 2.42 bits per heavy atom. The van der Waals surface area contributed by atoms with Gasteiger partial charge in [0.05, 0.1) is 12.1 Å². The number of carbonyl (C=O) groups is 2. The number of fused-ring (bicyclic) bond motifs is 1. The van der Waals surface area contributed by atoms with Crippen LogP contribution in [0.5, 0.6) is 0 Å². The van der Waals surface area contributed by atoms with Crippen LogP contribution in [-0.4, -0.2) is 58.5 Å². The van der Waals surface area contributed by atoms with Crippen molar-refractivity contribution in [3.63, 3.8) is 0 Å². The van der Waals surface area contributed by atoms with Gasteiger partial charge in [-0.3, -0.25) is 9.59 Å². The van der Waals surface area contributed by atoms with Crippen molar-refractivity contribution in [3.05, 3.63) is 35.9 Å². The van der Waals surface area contributed by atoms with Gasteiger partial charge in [0.2, 0.25) is 11.8 Å². The number of nitrogens with zero attached hydrogens (tertiary/aromatic N) is 2.